The van der Waals surface area contributed by atoms with Gasteiger partial charge in [0.25, 0.3) is 0 Å². The molecule has 0 saturated carbocycles. The van der Waals surface area contributed by atoms with Gasteiger partial charge in [-0.3, -0.25) is 0 Å². The monoisotopic (exact) mass is 298 g/mol. The molecule has 0 spiro atoms. The fourth-order valence-electron chi connectivity index (χ4n) is 2.32. The zero-order valence-electron chi connectivity index (χ0n) is 10.7. The van der Waals surface area contributed by atoms with Crippen molar-refractivity contribution in [2.45, 2.75) is 51.7 Å². The van der Waals surface area contributed by atoms with Gasteiger partial charge < -0.3 is 9.84 Å². The predicted molar refractivity (Wildman–Crippen MR) is 72.5 cm³/mol. The highest BCUT2D eigenvalue weighted by Gasteiger charge is 2.34. The van der Waals surface area contributed by atoms with E-state index in [1.807, 2.05) is 19.9 Å². The summed E-state index contributed by atoms with van der Waals surface area (Å²) in [6.45, 7) is 8.31. The van der Waals surface area contributed by atoms with Gasteiger partial charge in [0.05, 0.1) is 6.10 Å². The van der Waals surface area contributed by atoms with Gasteiger partial charge >= 0.3 is 0 Å². The number of aliphatic hydroxyl groups excluding tert-OH is 1. The first kappa shape index (κ1) is 12.9. The second kappa shape index (κ2) is 4.29. The Morgan fingerprint density at radius 1 is 1.41 bits per heavy atom. The van der Waals surface area contributed by atoms with Crippen molar-refractivity contribution in [3.8, 4) is 5.75 Å². The Labute approximate surface area is 111 Å². The molecular formula is C14H19BrO2. The number of fused-ring (bicyclic) bond motifs is 1. The molecule has 1 aromatic carbocycles. The van der Waals surface area contributed by atoms with Crippen molar-refractivity contribution >= 4 is 15.9 Å². The van der Waals surface area contributed by atoms with E-state index in [2.05, 4.69) is 35.8 Å². The van der Waals surface area contributed by atoms with Gasteiger partial charge in [-0.2, -0.15) is 0 Å². The summed E-state index contributed by atoms with van der Waals surface area (Å²) in [4.78, 5) is 0. The molecule has 0 bridgehead atoms. The summed E-state index contributed by atoms with van der Waals surface area (Å²) in [6.07, 6.45) is 0.192. The molecule has 1 heterocycles. The quantitative estimate of drug-likeness (QED) is 0.843. The molecule has 1 aliphatic heterocycles. The summed E-state index contributed by atoms with van der Waals surface area (Å²) in [5.74, 6) is 1.24. The smallest absolute Gasteiger partial charge is 0.129 e. The van der Waals surface area contributed by atoms with Crippen molar-refractivity contribution in [3.63, 3.8) is 0 Å². The molecule has 0 aromatic heterocycles. The topological polar surface area (TPSA) is 29.5 Å². The van der Waals surface area contributed by atoms with Crippen LogP contribution in [-0.4, -0.2) is 10.7 Å². The van der Waals surface area contributed by atoms with Crippen LogP contribution in [0.4, 0.5) is 0 Å². The third-order valence-electron chi connectivity index (χ3n) is 3.16. The number of aliphatic hydroxyl groups is 1. The second-order valence-corrected chi connectivity index (χ2v) is 6.57. The number of hydrogen-bond acceptors (Lipinski definition) is 2. The van der Waals surface area contributed by atoms with Crippen molar-refractivity contribution in [2.75, 3.05) is 0 Å². The largest absolute Gasteiger partial charge is 0.487 e. The first-order chi connectivity index (χ1) is 7.80. The lowest BCUT2D eigenvalue weighted by molar-refractivity contribution is 0.0104. The average Bonchev–Trinajstić information content (AvgIpc) is 2.17. The van der Waals surface area contributed by atoms with Gasteiger partial charge in [-0.05, 0) is 37.5 Å². The van der Waals surface area contributed by atoms with Gasteiger partial charge in [0, 0.05) is 16.5 Å². The van der Waals surface area contributed by atoms with Gasteiger partial charge in [-0.1, -0.05) is 29.8 Å². The fourth-order valence-corrected chi connectivity index (χ4v) is 2.82. The number of rotatable bonds is 1. The Bertz CT molecular complexity index is 421. The zero-order chi connectivity index (χ0) is 12.8. The minimum Gasteiger partial charge on any atom is -0.487 e. The number of benzene rings is 1. The molecule has 1 unspecified atom stereocenters. The van der Waals surface area contributed by atoms with E-state index >= 15 is 0 Å². The van der Waals surface area contributed by atoms with E-state index in [1.165, 1.54) is 0 Å². The molecule has 1 atom stereocenters. The van der Waals surface area contributed by atoms with Gasteiger partial charge in [0.2, 0.25) is 0 Å². The minimum absolute atomic E-state index is 0.302. The SMILES string of the molecule is CC(C)c1cc(Br)cc2c1OC(C)(C)CC2O. The summed E-state index contributed by atoms with van der Waals surface area (Å²) >= 11 is 3.50. The first-order valence-corrected chi connectivity index (χ1v) is 6.80. The van der Waals surface area contributed by atoms with E-state index < -0.39 is 6.10 Å². The van der Waals surface area contributed by atoms with Crippen LogP contribution in [0.3, 0.4) is 0 Å². The van der Waals surface area contributed by atoms with Crippen LogP contribution in [-0.2, 0) is 0 Å². The molecule has 0 amide bonds. The third-order valence-corrected chi connectivity index (χ3v) is 3.61. The van der Waals surface area contributed by atoms with E-state index in [4.69, 9.17) is 4.74 Å². The van der Waals surface area contributed by atoms with Crippen molar-refractivity contribution < 1.29 is 9.84 Å². The number of halogens is 1. The summed E-state index contributed by atoms with van der Waals surface area (Å²) < 4.78 is 7.06. The molecule has 1 aliphatic rings. The number of hydrogen-bond donors (Lipinski definition) is 1. The molecule has 3 heteroatoms. The van der Waals surface area contributed by atoms with Crippen molar-refractivity contribution in [2.24, 2.45) is 0 Å². The predicted octanol–water partition coefficient (Wildman–Crippen LogP) is 4.17. The van der Waals surface area contributed by atoms with Gasteiger partial charge in [0.1, 0.15) is 11.4 Å². The van der Waals surface area contributed by atoms with E-state index in [-0.39, 0.29) is 5.60 Å². The Hall–Kier alpha value is -0.540. The first-order valence-electron chi connectivity index (χ1n) is 6.00. The highest BCUT2D eigenvalue weighted by molar-refractivity contribution is 9.10. The van der Waals surface area contributed by atoms with Gasteiger partial charge in [-0.15, -0.1) is 0 Å². The average molecular weight is 299 g/mol. The maximum Gasteiger partial charge on any atom is 0.129 e. The fraction of sp³-hybridized carbons (Fsp3) is 0.571. The molecule has 0 fully saturated rings. The summed E-state index contributed by atoms with van der Waals surface area (Å²) in [5, 5.41) is 10.2. The van der Waals surface area contributed by atoms with Gasteiger partial charge in [0.15, 0.2) is 0 Å². The lowest BCUT2D eigenvalue weighted by Gasteiger charge is -2.37. The Kier molecular flexibility index (Phi) is 3.25. The lowest BCUT2D eigenvalue weighted by atomic mass is 9.88. The standard InChI is InChI=1S/C14H19BrO2/c1-8(2)10-5-9(15)6-11-12(16)7-14(3,4)17-13(10)11/h5-6,8,12,16H,7H2,1-4H3. The van der Waals surface area contributed by atoms with Crippen LogP contribution < -0.4 is 4.74 Å². The van der Waals surface area contributed by atoms with Crippen LogP contribution in [0.2, 0.25) is 0 Å². The lowest BCUT2D eigenvalue weighted by Crippen LogP contribution is -2.35. The molecule has 2 nitrogen and oxygen atoms in total. The Morgan fingerprint density at radius 2 is 2.06 bits per heavy atom. The molecule has 94 valence electrons. The normalized spacial score (nSPS) is 22.2. The van der Waals surface area contributed by atoms with Crippen LogP contribution in [0.25, 0.3) is 0 Å². The van der Waals surface area contributed by atoms with Crippen molar-refractivity contribution in [1.82, 2.24) is 0 Å². The Morgan fingerprint density at radius 3 is 2.65 bits per heavy atom. The van der Waals surface area contributed by atoms with Crippen LogP contribution in [0, 0.1) is 0 Å². The highest BCUT2D eigenvalue weighted by atomic mass is 79.9. The van der Waals surface area contributed by atoms with Crippen LogP contribution in [0.5, 0.6) is 5.75 Å². The van der Waals surface area contributed by atoms with Crippen molar-refractivity contribution in [1.29, 1.82) is 0 Å². The highest BCUT2D eigenvalue weighted by Crippen LogP contribution is 2.44. The second-order valence-electron chi connectivity index (χ2n) is 5.65. The molecule has 17 heavy (non-hydrogen) atoms. The van der Waals surface area contributed by atoms with E-state index in [1.54, 1.807) is 0 Å². The van der Waals surface area contributed by atoms with E-state index in [9.17, 15) is 5.11 Å². The maximum absolute atomic E-state index is 10.2. The molecule has 2 rings (SSSR count). The molecular weight excluding hydrogens is 280 g/mol. The minimum atomic E-state index is -0.441. The van der Waals surface area contributed by atoms with E-state index in [0.29, 0.717) is 12.3 Å². The van der Waals surface area contributed by atoms with Crippen LogP contribution in [0.15, 0.2) is 16.6 Å². The van der Waals surface area contributed by atoms with E-state index in [0.717, 1.165) is 21.3 Å². The molecule has 1 aromatic rings. The third kappa shape index (κ3) is 2.50. The van der Waals surface area contributed by atoms with Gasteiger partial charge in [-0.25, -0.2) is 0 Å². The molecule has 0 aliphatic carbocycles. The summed E-state index contributed by atoms with van der Waals surface area (Å²) in [7, 11) is 0. The zero-order valence-corrected chi connectivity index (χ0v) is 12.3. The summed E-state index contributed by atoms with van der Waals surface area (Å²) in [5.41, 5.74) is 1.76. The van der Waals surface area contributed by atoms with Crippen LogP contribution >= 0.6 is 15.9 Å². The Balaban J connectivity index is 2.59. The molecule has 1 N–H and O–H groups in total. The molecule has 0 radical (unpaired) electrons. The molecule has 0 saturated heterocycles. The van der Waals surface area contributed by atoms with Crippen molar-refractivity contribution in [3.05, 3.63) is 27.7 Å². The summed E-state index contributed by atoms with van der Waals surface area (Å²) in [6, 6.07) is 4.04. The van der Waals surface area contributed by atoms with Crippen LogP contribution in [0.1, 0.15) is 57.3 Å². The number of ether oxygens (including phenoxy) is 1. The maximum atomic E-state index is 10.2.